The van der Waals surface area contributed by atoms with E-state index in [2.05, 4.69) is 10.5 Å². The van der Waals surface area contributed by atoms with Gasteiger partial charge in [-0.05, 0) is 12.1 Å². The quantitative estimate of drug-likeness (QED) is 0.296. The molecule has 7 nitrogen and oxygen atoms in total. The fraction of sp³-hybridized carbons (Fsp3) is 0. The summed E-state index contributed by atoms with van der Waals surface area (Å²) in [6.07, 6.45) is -1.31. The van der Waals surface area contributed by atoms with Crippen LogP contribution in [-0.4, -0.2) is 27.4 Å². The van der Waals surface area contributed by atoms with E-state index in [0.29, 0.717) is 0 Å². The molecule has 1 amide bonds. The van der Waals surface area contributed by atoms with Gasteiger partial charge in [-0.25, -0.2) is 9.59 Å². The molecule has 80 valence electrons. The first kappa shape index (κ1) is 10.6. The molecule has 0 aliphatic heterocycles. The Morgan fingerprint density at radius 2 is 1.60 bits per heavy atom. The van der Waals surface area contributed by atoms with Gasteiger partial charge in [0.05, 0.1) is 5.56 Å². The third-order valence-corrected chi connectivity index (χ3v) is 1.50. The summed E-state index contributed by atoms with van der Waals surface area (Å²) in [6.45, 7) is 0. The van der Waals surface area contributed by atoms with Gasteiger partial charge in [-0.1, -0.05) is 0 Å². The Balaban J connectivity index is 3.06. The third-order valence-electron chi connectivity index (χ3n) is 1.50. The minimum atomic E-state index is -1.31. The van der Waals surface area contributed by atoms with Crippen LogP contribution in [-0.2, 0) is 4.74 Å². The van der Waals surface area contributed by atoms with Gasteiger partial charge in [-0.15, -0.1) is 0 Å². The van der Waals surface area contributed by atoms with Crippen molar-refractivity contribution in [2.24, 2.45) is 5.73 Å². The summed E-state index contributed by atoms with van der Waals surface area (Å²) in [4.78, 5) is 21.3. The molecule has 15 heavy (non-hydrogen) atoms. The van der Waals surface area contributed by atoms with E-state index in [-0.39, 0.29) is 5.56 Å². The van der Waals surface area contributed by atoms with Crippen LogP contribution in [0.5, 0.6) is 17.2 Å². The summed E-state index contributed by atoms with van der Waals surface area (Å²) >= 11 is 0. The Morgan fingerprint density at radius 3 is 2.00 bits per heavy atom. The number of carbonyl (C=O) groups excluding carboxylic acids is 2. The topological polar surface area (TPSA) is 130 Å². The van der Waals surface area contributed by atoms with Crippen molar-refractivity contribution in [2.75, 3.05) is 0 Å². The monoisotopic (exact) mass is 213 g/mol. The van der Waals surface area contributed by atoms with Crippen molar-refractivity contribution < 1.29 is 29.6 Å². The number of esters is 1. The molecule has 0 aliphatic rings. The fourth-order valence-corrected chi connectivity index (χ4v) is 0.872. The van der Waals surface area contributed by atoms with Gasteiger partial charge < -0.3 is 25.8 Å². The molecule has 7 heteroatoms. The maximum absolute atomic E-state index is 11.0. The van der Waals surface area contributed by atoms with Crippen LogP contribution in [0.2, 0.25) is 0 Å². The number of nitrogens with two attached hydrogens (primary N) is 1. The van der Waals surface area contributed by atoms with Crippen molar-refractivity contribution in [3.05, 3.63) is 17.7 Å². The molecule has 0 unspecified atom stereocenters. The first-order valence-electron chi connectivity index (χ1n) is 3.68. The molecule has 5 N–H and O–H groups in total. The number of carbonyl (C=O) groups is 2. The molecule has 0 saturated carbocycles. The summed E-state index contributed by atoms with van der Waals surface area (Å²) in [7, 11) is 0. The molecule has 0 saturated heterocycles. The van der Waals surface area contributed by atoms with Gasteiger partial charge >= 0.3 is 12.1 Å². The van der Waals surface area contributed by atoms with Gasteiger partial charge in [-0.3, -0.25) is 0 Å². The first-order chi connectivity index (χ1) is 6.91. The van der Waals surface area contributed by atoms with Crippen LogP contribution in [0.3, 0.4) is 0 Å². The number of primary amides is 1. The number of rotatable bonds is 1. The molecular formula is C8H7NO6. The van der Waals surface area contributed by atoms with E-state index in [1.807, 2.05) is 0 Å². The lowest BCUT2D eigenvalue weighted by Crippen LogP contribution is -2.18. The zero-order chi connectivity index (χ0) is 11.6. The van der Waals surface area contributed by atoms with E-state index in [9.17, 15) is 9.59 Å². The van der Waals surface area contributed by atoms with E-state index in [0.717, 1.165) is 12.1 Å². The zero-order valence-electron chi connectivity index (χ0n) is 7.30. The van der Waals surface area contributed by atoms with Gasteiger partial charge in [0.15, 0.2) is 17.2 Å². The highest BCUT2D eigenvalue weighted by Gasteiger charge is 2.15. The summed E-state index contributed by atoms with van der Waals surface area (Å²) in [6, 6.07) is 1.64. The molecule has 1 aromatic carbocycles. The number of phenolic OH excluding ortho intramolecular Hbond substituents is 3. The molecule has 0 aromatic heterocycles. The van der Waals surface area contributed by atoms with Crippen molar-refractivity contribution in [1.29, 1.82) is 0 Å². The number of hydrogen-bond acceptors (Lipinski definition) is 6. The van der Waals surface area contributed by atoms with Crippen molar-refractivity contribution in [2.45, 2.75) is 0 Å². The van der Waals surface area contributed by atoms with E-state index < -0.39 is 29.3 Å². The third kappa shape index (κ3) is 2.27. The molecular weight excluding hydrogens is 206 g/mol. The Hall–Kier alpha value is -2.44. The lowest BCUT2D eigenvalue weighted by atomic mass is 10.2. The Morgan fingerprint density at radius 1 is 1.13 bits per heavy atom. The summed E-state index contributed by atoms with van der Waals surface area (Å²) < 4.78 is 3.98. The Kier molecular flexibility index (Phi) is 2.65. The minimum absolute atomic E-state index is 0.318. The van der Waals surface area contributed by atoms with Crippen molar-refractivity contribution in [3.8, 4) is 17.2 Å². The van der Waals surface area contributed by atoms with Gasteiger partial charge in [0.2, 0.25) is 0 Å². The van der Waals surface area contributed by atoms with Crippen LogP contribution in [0.4, 0.5) is 4.79 Å². The minimum Gasteiger partial charge on any atom is -0.504 e. The molecule has 0 aliphatic carbocycles. The predicted molar refractivity (Wildman–Crippen MR) is 46.4 cm³/mol. The van der Waals surface area contributed by atoms with Gasteiger partial charge in [-0.2, -0.15) is 0 Å². The lowest BCUT2D eigenvalue weighted by Gasteiger charge is -2.04. The second kappa shape index (κ2) is 3.74. The van der Waals surface area contributed by atoms with Crippen LogP contribution >= 0.6 is 0 Å². The van der Waals surface area contributed by atoms with Gasteiger partial charge in [0, 0.05) is 0 Å². The van der Waals surface area contributed by atoms with Crippen molar-refractivity contribution in [1.82, 2.24) is 0 Å². The molecule has 0 bridgehead atoms. The maximum Gasteiger partial charge on any atom is 0.412 e. The largest absolute Gasteiger partial charge is 0.504 e. The average Bonchev–Trinajstić information content (AvgIpc) is 2.12. The van der Waals surface area contributed by atoms with E-state index in [1.54, 1.807) is 0 Å². The smallest absolute Gasteiger partial charge is 0.412 e. The summed E-state index contributed by atoms with van der Waals surface area (Å²) in [5, 5.41) is 27.0. The van der Waals surface area contributed by atoms with Crippen LogP contribution in [0.25, 0.3) is 0 Å². The number of aromatic hydroxyl groups is 3. The summed E-state index contributed by atoms with van der Waals surface area (Å²) in [5.74, 6) is -3.35. The molecule has 0 heterocycles. The van der Waals surface area contributed by atoms with Crippen LogP contribution < -0.4 is 5.73 Å². The molecule has 1 rings (SSSR count). The van der Waals surface area contributed by atoms with Crippen molar-refractivity contribution >= 4 is 12.1 Å². The zero-order valence-corrected chi connectivity index (χ0v) is 7.30. The molecule has 0 spiro atoms. The molecule has 0 fully saturated rings. The normalized spacial score (nSPS) is 9.60. The number of ether oxygens (including phenoxy) is 1. The highest BCUT2D eigenvalue weighted by atomic mass is 16.6. The molecule has 0 radical (unpaired) electrons. The molecule has 0 atom stereocenters. The SMILES string of the molecule is NC(=O)OC(=O)c1cc(O)c(O)c(O)c1. The van der Waals surface area contributed by atoms with E-state index >= 15 is 0 Å². The Labute approximate surface area is 83.3 Å². The summed E-state index contributed by atoms with van der Waals surface area (Å²) in [5.41, 5.74) is 4.26. The van der Waals surface area contributed by atoms with Crippen LogP contribution in [0.15, 0.2) is 12.1 Å². The second-order valence-corrected chi connectivity index (χ2v) is 2.57. The Bertz CT molecular complexity index is 404. The standard InChI is InChI=1S/C8H7NO6/c9-8(14)15-7(13)3-1-4(10)6(12)5(11)2-3/h1-2,10-12H,(H2,9,14). The number of phenols is 3. The van der Waals surface area contributed by atoms with Crippen molar-refractivity contribution in [3.63, 3.8) is 0 Å². The average molecular weight is 213 g/mol. The van der Waals surface area contributed by atoms with Gasteiger partial charge in [0.25, 0.3) is 0 Å². The lowest BCUT2D eigenvalue weighted by molar-refractivity contribution is 0.0637. The maximum atomic E-state index is 11.0. The van der Waals surface area contributed by atoms with Crippen LogP contribution in [0, 0.1) is 0 Å². The van der Waals surface area contributed by atoms with E-state index in [4.69, 9.17) is 15.3 Å². The first-order valence-corrected chi connectivity index (χ1v) is 3.68. The number of hydrogen-bond donors (Lipinski definition) is 4. The highest BCUT2D eigenvalue weighted by molar-refractivity contribution is 5.97. The van der Waals surface area contributed by atoms with Gasteiger partial charge in [0.1, 0.15) is 0 Å². The fourth-order valence-electron chi connectivity index (χ4n) is 0.872. The molecule has 1 aromatic rings. The second-order valence-electron chi connectivity index (χ2n) is 2.57. The highest BCUT2D eigenvalue weighted by Crippen LogP contribution is 2.35. The van der Waals surface area contributed by atoms with E-state index in [1.165, 1.54) is 0 Å². The number of amides is 1. The number of benzene rings is 1. The van der Waals surface area contributed by atoms with Crippen LogP contribution in [0.1, 0.15) is 10.4 Å². The predicted octanol–water partition coefficient (Wildman–Crippen LogP) is 0.0389.